The minimum atomic E-state index is -1.08. The predicted octanol–water partition coefficient (Wildman–Crippen LogP) is 2.97. The molecule has 0 aromatic heterocycles. The first kappa shape index (κ1) is 51.8. The number of carbonyl (C=O) groups excluding carboxylic acids is 2. The van der Waals surface area contributed by atoms with Crippen LogP contribution in [-0.4, -0.2) is 143 Å². The van der Waals surface area contributed by atoms with Gasteiger partial charge in [0.15, 0.2) is 0 Å². The maximum atomic E-state index is 10.7. The minimum absolute atomic E-state index is 0. The van der Waals surface area contributed by atoms with Gasteiger partial charge in [-0.3, -0.25) is 18.6 Å². The van der Waals surface area contributed by atoms with Crippen molar-refractivity contribution >= 4 is 61.6 Å². The van der Waals surface area contributed by atoms with Gasteiger partial charge in [-0.05, 0) is 50.7 Å². The number of carboxylic acids is 4. The molecule has 13 heteroatoms. The second-order valence-electron chi connectivity index (χ2n) is 12.6. The Morgan fingerprint density at radius 1 is 0.510 bits per heavy atom. The van der Waals surface area contributed by atoms with Gasteiger partial charge in [-0.2, -0.15) is 0 Å². The van der Waals surface area contributed by atoms with Gasteiger partial charge in [0.25, 0.3) is 0 Å². The Hall–Kier alpha value is -1.54. The summed E-state index contributed by atoms with van der Waals surface area (Å²) in [7, 11) is 0. The number of aliphatic hydroxyl groups excluding tert-OH is 2. The van der Waals surface area contributed by atoms with E-state index in [1.807, 2.05) is 12.4 Å². The monoisotopic (exact) mass is 726 g/mol. The Morgan fingerprint density at radius 2 is 0.837 bits per heavy atom. The number of rotatable bonds is 32. The van der Waals surface area contributed by atoms with Crippen LogP contribution in [0.15, 0.2) is 24.6 Å². The first-order valence-electron chi connectivity index (χ1n) is 18.0. The maximum absolute atomic E-state index is 10.7. The van der Waals surface area contributed by atoms with Crippen molar-refractivity contribution in [1.82, 2.24) is 0 Å². The fourth-order valence-electron chi connectivity index (χ4n) is 5.66. The van der Waals surface area contributed by atoms with Crippen molar-refractivity contribution in [2.45, 2.75) is 129 Å². The van der Waals surface area contributed by atoms with Crippen molar-refractivity contribution in [3.05, 3.63) is 24.6 Å². The van der Waals surface area contributed by atoms with Crippen LogP contribution in [0.5, 0.6) is 0 Å². The minimum Gasteiger partial charge on any atom is -0.550 e. The van der Waals surface area contributed by atoms with Gasteiger partial charge < -0.3 is 40.2 Å². The molecule has 2 atom stereocenters. The molecule has 0 aliphatic rings. The van der Waals surface area contributed by atoms with Crippen LogP contribution >= 0.6 is 0 Å². The second-order valence-corrected chi connectivity index (χ2v) is 12.6. The third-order valence-corrected chi connectivity index (χ3v) is 8.34. The number of nitrogens with zero attached hydrogens (tertiary/aromatic N) is 2. The first-order valence-corrected chi connectivity index (χ1v) is 18.0. The Kier molecular flexibility index (Phi) is 36.9. The molecule has 0 heterocycles. The van der Waals surface area contributed by atoms with Crippen LogP contribution in [0.1, 0.15) is 129 Å². The van der Waals surface area contributed by atoms with E-state index in [1.165, 1.54) is 38.5 Å². The fraction of sp³-hybridized carbons (Fsp3) is 0.778. The Balaban J connectivity index is -0.000000846. The normalized spacial score (nSPS) is 13.6. The van der Waals surface area contributed by atoms with Crippen molar-refractivity contribution in [3.63, 3.8) is 0 Å². The molecular formula is C36H66CaN2O10+2. The third kappa shape index (κ3) is 33.4. The van der Waals surface area contributed by atoms with Gasteiger partial charge >= 0.3 is 49.7 Å². The zero-order valence-electron chi connectivity index (χ0n) is 30.5. The van der Waals surface area contributed by atoms with Crippen LogP contribution in [0.25, 0.3) is 0 Å². The number of unbranched alkanes of at least 4 members (excludes halogenated alkanes) is 8. The van der Waals surface area contributed by atoms with Gasteiger partial charge in [0.05, 0.1) is 64.6 Å². The van der Waals surface area contributed by atoms with E-state index in [2.05, 4.69) is 26.0 Å². The number of quaternary nitrogens is 2. The van der Waals surface area contributed by atoms with E-state index in [1.54, 1.807) is 0 Å². The number of aliphatic carboxylic acids is 4. The quantitative estimate of drug-likeness (QED) is 0.0455. The summed E-state index contributed by atoms with van der Waals surface area (Å²) in [5, 5.41) is 57.7. The Morgan fingerprint density at radius 3 is 1.10 bits per heavy atom. The van der Waals surface area contributed by atoms with Crippen molar-refractivity contribution < 1.29 is 58.8 Å². The van der Waals surface area contributed by atoms with E-state index < -0.39 is 23.9 Å². The molecule has 0 radical (unpaired) electrons. The number of aliphatic hydroxyl groups is 2. The summed E-state index contributed by atoms with van der Waals surface area (Å²) in [5.41, 5.74) is 0. The van der Waals surface area contributed by atoms with Crippen molar-refractivity contribution in [2.24, 2.45) is 0 Å². The number of hydrogen-bond donors (Lipinski definition) is 4. The van der Waals surface area contributed by atoms with Crippen molar-refractivity contribution in [3.8, 4) is 0 Å². The van der Waals surface area contributed by atoms with Gasteiger partial charge in [-0.1, -0.05) is 52.4 Å². The standard InChI is InChI=1S/2C18H33NO5.Ca/c2*1-2-3-4-5-6-7-12-19(15-16-20,13-8-10-17(21)22)14-9-11-18(23)24;/h2*7,12,20H,2-6,8-11,13-16H2,1H3,(H-,21,22,23,24);/q;;+2/b2*12-7+;. The van der Waals surface area contributed by atoms with Crippen LogP contribution < -0.4 is 10.2 Å². The molecule has 12 nitrogen and oxygen atoms in total. The molecule has 0 saturated heterocycles. The van der Waals surface area contributed by atoms with Crippen LogP contribution in [0.3, 0.4) is 0 Å². The molecule has 280 valence electrons. The Labute approximate surface area is 325 Å². The van der Waals surface area contributed by atoms with Gasteiger partial charge in [0, 0.05) is 37.6 Å². The molecule has 0 aliphatic carbocycles. The molecule has 0 spiro atoms. The van der Waals surface area contributed by atoms with Crippen LogP contribution in [-0.2, 0) is 19.2 Å². The summed E-state index contributed by atoms with van der Waals surface area (Å²) in [6.07, 6.45) is 21.6. The average molecular weight is 727 g/mol. The largest absolute Gasteiger partial charge is 2.00 e. The van der Waals surface area contributed by atoms with E-state index in [0.29, 0.717) is 73.9 Å². The summed E-state index contributed by atoms with van der Waals surface area (Å²) in [5.74, 6) is -3.83. The van der Waals surface area contributed by atoms with E-state index >= 15 is 0 Å². The maximum Gasteiger partial charge on any atom is 2.00 e. The van der Waals surface area contributed by atoms with Gasteiger partial charge in [0.1, 0.15) is 13.1 Å². The molecule has 0 rings (SSSR count). The number of allylic oxidation sites excluding steroid dienone is 2. The molecule has 0 aliphatic heterocycles. The van der Waals surface area contributed by atoms with Crippen molar-refractivity contribution in [2.75, 3.05) is 52.5 Å². The topological polar surface area (TPSA) is 195 Å². The van der Waals surface area contributed by atoms with E-state index in [4.69, 9.17) is 10.2 Å². The van der Waals surface area contributed by atoms with E-state index in [0.717, 1.165) is 25.7 Å². The van der Waals surface area contributed by atoms with Crippen molar-refractivity contribution in [1.29, 1.82) is 0 Å². The molecule has 2 unspecified atom stereocenters. The first-order chi connectivity index (χ1) is 22.9. The number of carboxylic acid groups (broad SMARTS) is 4. The van der Waals surface area contributed by atoms with Crippen LogP contribution in [0.2, 0.25) is 0 Å². The average Bonchev–Trinajstić information content (AvgIpc) is 3.00. The summed E-state index contributed by atoms with van der Waals surface area (Å²) >= 11 is 0. The molecule has 0 fully saturated rings. The summed E-state index contributed by atoms with van der Waals surface area (Å²) in [4.78, 5) is 42.8. The molecule has 0 saturated carbocycles. The van der Waals surface area contributed by atoms with Gasteiger partial charge in [0.2, 0.25) is 0 Å². The van der Waals surface area contributed by atoms with E-state index in [9.17, 15) is 39.6 Å². The smallest absolute Gasteiger partial charge is 0.550 e. The summed E-state index contributed by atoms with van der Waals surface area (Å²) in [6, 6.07) is 0. The second kappa shape index (κ2) is 34.9. The van der Waals surface area contributed by atoms with Gasteiger partial charge in [-0.15, -0.1) is 0 Å². The molecular weight excluding hydrogens is 660 g/mol. The fourth-order valence-corrected chi connectivity index (χ4v) is 5.66. The van der Waals surface area contributed by atoms with E-state index in [-0.39, 0.29) is 76.6 Å². The molecule has 4 N–H and O–H groups in total. The Bertz CT molecular complexity index is 802. The zero-order valence-corrected chi connectivity index (χ0v) is 32.7. The number of carbonyl (C=O) groups is 4. The molecule has 0 aromatic carbocycles. The van der Waals surface area contributed by atoms with Crippen LogP contribution in [0.4, 0.5) is 0 Å². The number of hydrogen-bond acceptors (Lipinski definition) is 8. The molecule has 0 bridgehead atoms. The molecule has 49 heavy (non-hydrogen) atoms. The molecule has 0 amide bonds. The third-order valence-electron chi connectivity index (χ3n) is 8.34. The SMILES string of the molecule is CCCCCC/C=C/[N+](CCO)(CCCC(=O)[O-])CCCC(=O)O.CCCCCC/C=C/[N+](CCO)(CCCC(=O)[O-])CCCC(=O)O.[Ca+2]. The predicted molar refractivity (Wildman–Crippen MR) is 188 cm³/mol. The zero-order chi connectivity index (χ0) is 36.5. The van der Waals surface area contributed by atoms with Gasteiger partial charge in [-0.25, -0.2) is 0 Å². The summed E-state index contributed by atoms with van der Waals surface area (Å²) in [6.45, 7) is 7.56. The summed E-state index contributed by atoms with van der Waals surface area (Å²) < 4.78 is 0.871. The van der Waals surface area contributed by atoms with Crippen LogP contribution in [0, 0.1) is 0 Å². The molecule has 0 aromatic rings.